The van der Waals surface area contributed by atoms with Gasteiger partial charge in [-0.2, -0.15) is 0 Å². The average molecular weight is 372 g/mol. The first kappa shape index (κ1) is 20.3. The second kappa shape index (κ2) is 10.8. The van der Waals surface area contributed by atoms with Gasteiger partial charge in [-0.1, -0.05) is 94.1 Å². The van der Waals surface area contributed by atoms with Crippen LogP contribution in [-0.4, -0.2) is 4.98 Å². The molecular weight excluding hydrogens is 338 g/mol. The van der Waals surface area contributed by atoms with Crippen LogP contribution in [0.15, 0.2) is 66.9 Å². The molecule has 0 saturated heterocycles. The molecule has 1 heteroatoms. The van der Waals surface area contributed by atoms with Crippen molar-refractivity contribution in [2.75, 3.05) is 0 Å². The smallest absolute Gasteiger partial charge is 0.0404 e. The SMILES string of the molecule is CCCCCCc1ccc(-c2ccc(-c3ccc(CCCC)nc3)cc2)cc1. The molecule has 0 aliphatic carbocycles. The van der Waals surface area contributed by atoms with E-state index in [1.54, 1.807) is 0 Å². The Morgan fingerprint density at radius 3 is 1.68 bits per heavy atom. The maximum Gasteiger partial charge on any atom is 0.0404 e. The van der Waals surface area contributed by atoms with E-state index in [4.69, 9.17) is 0 Å². The van der Waals surface area contributed by atoms with Gasteiger partial charge in [-0.05, 0) is 54.0 Å². The van der Waals surface area contributed by atoms with Gasteiger partial charge in [-0.15, -0.1) is 0 Å². The fourth-order valence-corrected chi connectivity index (χ4v) is 3.58. The van der Waals surface area contributed by atoms with Gasteiger partial charge in [0.15, 0.2) is 0 Å². The van der Waals surface area contributed by atoms with Gasteiger partial charge in [-0.3, -0.25) is 4.98 Å². The van der Waals surface area contributed by atoms with Crippen molar-refractivity contribution >= 4 is 0 Å². The van der Waals surface area contributed by atoms with Crippen LogP contribution in [0.1, 0.15) is 63.6 Å². The van der Waals surface area contributed by atoms with Crippen molar-refractivity contribution < 1.29 is 0 Å². The molecule has 0 spiro atoms. The normalized spacial score (nSPS) is 10.9. The molecule has 0 atom stereocenters. The third-order valence-electron chi connectivity index (χ3n) is 5.44. The Balaban J connectivity index is 1.62. The minimum absolute atomic E-state index is 1.07. The molecule has 28 heavy (non-hydrogen) atoms. The zero-order valence-corrected chi connectivity index (χ0v) is 17.5. The van der Waals surface area contributed by atoms with Crippen LogP contribution in [-0.2, 0) is 12.8 Å². The van der Waals surface area contributed by atoms with Crippen LogP contribution in [0.5, 0.6) is 0 Å². The fourth-order valence-electron chi connectivity index (χ4n) is 3.58. The highest BCUT2D eigenvalue weighted by molar-refractivity contribution is 5.70. The number of pyridine rings is 1. The Bertz CT molecular complexity index is 814. The quantitative estimate of drug-likeness (QED) is 0.330. The van der Waals surface area contributed by atoms with Crippen LogP contribution in [0.2, 0.25) is 0 Å². The lowest BCUT2D eigenvalue weighted by Crippen LogP contribution is -1.90. The summed E-state index contributed by atoms with van der Waals surface area (Å²) in [5.41, 5.74) is 7.62. The molecule has 146 valence electrons. The highest BCUT2D eigenvalue weighted by Gasteiger charge is 2.02. The molecule has 0 fully saturated rings. The third kappa shape index (κ3) is 5.79. The van der Waals surface area contributed by atoms with Crippen molar-refractivity contribution in [1.82, 2.24) is 4.98 Å². The molecule has 0 radical (unpaired) electrons. The highest BCUT2D eigenvalue weighted by Crippen LogP contribution is 2.25. The van der Waals surface area contributed by atoms with E-state index in [1.807, 2.05) is 6.20 Å². The summed E-state index contributed by atoms with van der Waals surface area (Å²) < 4.78 is 0. The average Bonchev–Trinajstić information content (AvgIpc) is 2.76. The molecule has 1 nitrogen and oxygen atoms in total. The van der Waals surface area contributed by atoms with E-state index >= 15 is 0 Å². The lowest BCUT2D eigenvalue weighted by molar-refractivity contribution is 0.667. The first-order valence-electron chi connectivity index (χ1n) is 10.9. The summed E-state index contributed by atoms with van der Waals surface area (Å²) in [7, 11) is 0. The van der Waals surface area contributed by atoms with Crippen molar-refractivity contribution in [3.05, 3.63) is 78.1 Å². The Hall–Kier alpha value is -2.41. The van der Waals surface area contributed by atoms with Gasteiger partial charge in [0.05, 0.1) is 0 Å². The molecule has 3 rings (SSSR count). The predicted octanol–water partition coefficient (Wildman–Crippen LogP) is 7.88. The van der Waals surface area contributed by atoms with E-state index in [0.717, 1.165) is 6.42 Å². The van der Waals surface area contributed by atoms with Crippen molar-refractivity contribution in [1.29, 1.82) is 0 Å². The van der Waals surface area contributed by atoms with E-state index in [-0.39, 0.29) is 0 Å². The Morgan fingerprint density at radius 1 is 0.536 bits per heavy atom. The minimum Gasteiger partial charge on any atom is -0.261 e. The van der Waals surface area contributed by atoms with Gasteiger partial charge in [0.2, 0.25) is 0 Å². The second-order valence-electron chi connectivity index (χ2n) is 7.73. The van der Waals surface area contributed by atoms with Crippen LogP contribution in [0.4, 0.5) is 0 Å². The van der Waals surface area contributed by atoms with Gasteiger partial charge >= 0.3 is 0 Å². The summed E-state index contributed by atoms with van der Waals surface area (Å²) >= 11 is 0. The van der Waals surface area contributed by atoms with E-state index in [9.17, 15) is 0 Å². The van der Waals surface area contributed by atoms with Gasteiger partial charge < -0.3 is 0 Å². The highest BCUT2D eigenvalue weighted by atomic mass is 14.7. The number of hydrogen-bond acceptors (Lipinski definition) is 1. The third-order valence-corrected chi connectivity index (χ3v) is 5.44. The van der Waals surface area contributed by atoms with Gasteiger partial charge in [-0.25, -0.2) is 0 Å². The molecule has 0 saturated carbocycles. The largest absolute Gasteiger partial charge is 0.261 e. The van der Waals surface area contributed by atoms with E-state index < -0.39 is 0 Å². The number of benzene rings is 2. The van der Waals surface area contributed by atoms with Crippen molar-refractivity contribution in [2.45, 2.75) is 65.2 Å². The zero-order valence-electron chi connectivity index (χ0n) is 17.5. The van der Waals surface area contributed by atoms with E-state index in [2.05, 4.69) is 79.5 Å². The van der Waals surface area contributed by atoms with Crippen LogP contribution >= 0.6 is 0 Å². The Kier molecular flexibility index (Phi) is 7.84. The minimum atomic E-state index is 1.07. The van der Waals surface area contributed by atoms with E-state index in [0.29, 0.717) is 0 Å². The van der Waals surface area contributed by atoms with Gasteiger partial charge in [0.25, 0.3) is 0 Å². The summed E-state index contributed by atoms with van der Waals surface area (Å²) in [6.45, 7) is 4.48. The van der Waals surface area contributed by atoms with Crippen LogP contribution in [0, 0.1) is 0 Å². The first-order chi connectivity index (χ1) is 13.8. The van der Waals surface area contributed by atoms with Crippen molar-refractivity contribution in [3.63, 3.8) is 0 Å². The molecule has 0 aliphatic rings. The molecule has 0 bridgehead atoms. The van der Waals surface area contributed by atoms with E-state index in [1.165, 1.54) is 78.5 Å². The molecule has 0 amide bonds. The summed E-state index contributed by atoms with van der Waals surface area (Å²) in [5, 5.41) is 0. The summed E-state index contributed by atoms with van der Waals surface area (Å²) in [5.74, 6) is 0. The van der Waals surface area contributed by atoms with Crippen LogP contribution in [0.3, 0.4) is 0 Å². The predicted molar refractivity (Wildman–Crippen MR) is 122 cm³/mol. The Morgan fingerprint density at radius 2 is 1.11 bits per heavy atom. The number of unbranched alkanes of at least 4 members (excludes halogenated alkanes) is 4. The lowest BCUT2D eigenvalue weighted by Gasteiger charge is -2.07. The number of hydrogen-bond donors (Lipinski definition) is 0. The number of rotatable bonds is 10. The molecule has 1 heterocycles. The number of aryl methyl sites for hydroxylation is 2. The monoisotopic (exact) mass is 371 g/mol. The van der Waals surface area contributed by atoms with Gasteiger partial charge in [0.1, 0.15) is 0 Å². The maximum absolute atomic E-state index is 4.62. The molecule has 3 aromatic rings. The molecule has 0 N–H and O–H groups in total. The topological polar surface area (TPSA) is 12.9 Å². The maximum atomic E-state index is 4.62. The second-order valence-corrected chi connectivity index (χ2v) is 7.73. The summed E-state index contributed by atoms with van der Waals surface area (Å²) in [4.78, 5) is 4.62. The fraction of sp³-hybridized carbons (Fsp3) is 0.370. The van der Waals surface area contributed by atoms with Crippen molar-refractivity contribution in [2.24, 2.45) is 0 Å². The van der Waals surface area contributed by atoms with Crippen LogP contribution < -0.4 is 0 Å². The van der Waals surface area contributed by atoms with Crippen molar-refractivity contribution in [3.8, 4) is 22.3 Å². The molecule has 0 aliphatic heterocycles. The zero-order chi connectivity index (χ0) is 19.6. The number of nitrogens with zero attached hydrogens (tertiary/aromatic N) is 1. The molecular formula is C27H33N. The van der Waals surface area contributed by atoms with Crippen LogP contribution in [0.25, 0.3) is 22.3 Å². The number of aromatic nitrogens is 1. The first-order valence-corrected chi connectivity index (χ1v) is 10.9. The molecule has 2 aromatic carbocycles. The molecule has 1 aromatic heterocycles. The lowest BCUT2D eigenvalue weighted by atomic mass is 9.99. The Labute approximate surface area is 170 Å². The summed E-state index contributed by atoms with van der Waals surface area (Å²) in [6.07, 6.45) is 12.0. The van der Waals surface area contributed by atoms with Gasteiger partial charge in [0, 0.05) is 17.5 Å². The molecule has 0 unspecified atom stereocenters. The summed E-state index contributed by atoms with van der Waals surface area (Å²) in [6, 6.07) is 22.3. The standard InChI is InChI=1S/C27H33N/c1-3-5-7-8-9-22-11-13-23(14-12-22)24-15-17-25(18-16-24)26-19-20-27(28-21-26)10-6-4-2/h11-21H,3-10H2,1-2H3.